The van der Waals surface area contributed by atoms with Crippen LogP contribution in [0.2, 0.25) is 0 Å². The minimum atomic E-state index is -0.410. The highest BCUT2D eigenvalue weighted by Crippen LogP contribution is 2.25. The monoisotopic (exact) mass is 330 g/mol. The van der Waals surface area contributed by atoms with Gasteiger partial charge < -0.3 is 5.32 Å². The van der Waals surface area contributed by atoms with Crippen LogP contribution < -0.4 is 5.32 Å². The minimum Gasteiger partial charge on any atom is -0.341 e. The van der Waals surface area contributed by atoms with Gasteiger partial charge in [0, 0.05) is 5.56 Å². The molecular formula is C18H22N2O2S. The lowest BCUT2D eigenvalue weighted by atomic mass is 10.1. The van der Waals surface area contributed by atoms with Crippen LogP contribution in [0.1, 0.15) is 48.3 Å². The highest BCUT2D eigenvalue weighted by Gasteiger charge is 2.19. The van der Waals surface area contributed by atoms with Crippen molar-refractivity contribution >= 4 is 23.0 Å². The van der Waals surface area contributed by atoms with Crippen molar-refractivity contribution in [1.29, 1.82) is 0 Å². The molecule has 0 saturated heterocycles. The molecule has 1 amide bonds. The highest BCUT2D eigenvalue weighted by atomic mass is 32.1. The van der Waals surface area contributed by atoms with Gasteiger partial charge in [-0.3, -0.25) is 9.59 Å². The minimum absolute atomic E-state index is 0.00456. The van der Waals surface area contributed by atoms with Crippen LogP contribution in [0.25, 0.3) is 10.6 Å². The zero-order valence-corrected chi connectivity index (χ0v) is 14.6. The third kappa shape index (κ3) is 4.73. The summed E-state index contributed by atoms with van der Waals surface area (Å²) in [6, 6.07) is 7.62. The second kappa shape index (κ2) is 8.02. The molecule has 1 N–H and O–H groups in total. The summed E-state index contributed by atoms with van der Waals surface area (Å²) in [7, 11) is 0. The molecule has 0 radical (unpaired) electrons. The Morgan fingerprint density at radius 2 is 1.96 bits per heavy atom. The molecule has 2 rings (SSSR count). The molecule has 0 bridgehead atoms. The van der Waals surface area contributed by atoms with E-state index >= 15 is 0 Å². The molecular weight excluding hydrogens is 308 g/mol. The van der Waals surface area contributed by atoms with Crippen LogP contribution in [0.5, 0.6) is 0 Å². The number of Topliss-reactive ketones (excluding diaryl/α,β-unsaturated/α-hetero) is 1. The van der Waals surface area contributed by atoms with Gasteiger partial charge >= 0.3 is 0 Å². The quantitative estimate of drug-likeness (QED) is 0.835. The summed E-state index contributed by atoms with van der Waals surface area (Å²) >= 11 is 1.34. The Bertz CT molecular complexity index is 677. The SMILES string of the molecule is CCCC[C@H](NC(=O)c1cnc(-c2ccc(C)cc2)s1)C(C)=O. The van der Waals surface area contributed by atoms with Gasteiger partial charge in [-0.15, -0.1) is 11.3 Å². The summed E-state index contributed by atoms with van der Waals surface area (Å²) in [5.74, 6) is -0.229. The normalized spacial score (nSPS) is 12.0. The van der Waals surface area contributed by atoms with E-state index in [9.17, 15) is 9.59 Å². The average molecular weight is 330 g/mol. The molecule has 122 valence electrons. The van der Waals surface area contributed by atoms with Gasteiger partial charge in [0.05, 0.1) is 12.2 Å². The van der Waals surface area contributed by atoms with Crippen molar-refractivity contribution < 1.29 is 9.59 Å². The number of rotatable bonds is 7. The Morgan fingerprint density at radius 1 is 1.26 bits per heavy atom. The van der Waals surface area contributed by atoms with Crippen LogP contribution >= 0.6 is 11.3 Å². The first-order valence-electron chi connectivity index (χ1n) is 7.85. The number of nitrogens with zero attached hydrogens (tertiary/aromatic N) is 1. The third-order valence-electron chi connectivity index (χ3n) is 3.67. The molecule has 2 aromatic rings. The number of aryl methyl sites for hydroxylation is 1. The van der Waals surface area contributed by atoms with Crippen LogP contribution in [0.4, 0.5) is 0 Å². The van der Waals surface area contributed by atoms with Crippen molar-refractivity contribution in [2.45, 2.75) is 46.1 Å². The Morgan fingerprint density at radius 3 is 2.57 bits per heavy atom. The summed E-state index contributed by atoms with van der Waals surface area (Å²) < 4.78 is 0. The summed E-state index contributed by atoms with van der Waals surface area (Å²) in [5.41, 5.74) is 2.18. The largest absolute Gasteiger partial charge is 0.341 e. The summed E-state index contributed by atoms with van der Waals surface area (Å²) in [4.78, 5) is 28.8. The van der Waals surface area contributed by atoms with Crippen molar-refractivity contribution in [3.63, 3.8) is 0 Å². The zero-order chi connectivity index (χ0) is 16.8. The maximum Gasteiger partial charge on any atom is 0.263 e. The maximum atomic E-state index is 12.3. The summed E-state index contributed by atoms with van der Waals surface area (Å²) in [5, 5.41) is 3.63. The molecule has 0 aliphatic carbocycles. The van der Waals surface area contributed by atoms with Crippen molar-refractivity contribution in [2.75, 3.05) is 0 Å². The number of benzene rings is 1. The van der Waals surface area contributed by atoms with Gasteiger partial charge in [0.25, 0.3) is 5.91 Å². The molecule has 1 atom stereocenters. The number of aromatic nitrogens is 1. The van der Waals surface area contributed by atoms with Crippen molar-refractivity contribution in [1.82, 2.24) is 10.3 Å². The van der Waals surface area contributed by atoms with Crippen LogP contribution in [0.15, 0.2) is 30.5 Å². The predicted octanol–water partition coefficient (Wildman–Crippen LogP) is 4.00. The number of amides is 1. The Balaban J connectivity index is 2.08. The number of hydrogen-bond acceptors (Lipinski definition) is 4. The van der Waals surface area contributed by atoms with Gasteiger partial charge in [0.2, 0.25) is 0 Å². The maximum absolute atomic E-state index is 12.3. The lowest BCUT2D eigenvalue weighted by Crippen LogP contribution is -2.39. The van der Waals surface area contributed by atoms with Gasteiger partial charge in [-0.25, -0.2) is 4.98 Å². The molecule has 0 unspecified atom stereocenters. The van der Waals surface area contributed by atoms with Gasteiger partial charge in [-0.2, -0.15) is 0 Å². The van der Waals surface area contributed by atoms with Crippen molar-refractivity contribution in [2.24, 2.45) is 0 Å². The summed E-state index contributed by atoms with van der Waals surface area (Å²) in [6.45, 7) is 5.61. The lowest BCUT2D eigenvalue weighted by Gasteiger charge is -2.14. The van der Waals surface area contributed by atoms with E-state index < -0.39 is 6.04 Å². The molecule has 0 spiro atoms. The molecule has 1 heterocycles. The smallest absolute Gasteiger partial charge is 0.263 e. The van der Waals surface area contributed by atoms with E-state index in [0.717, 1.165) is 23.4 Å². The molecule has 0 saturated carbocycles. The highest BCUT2D eigenvalue weighted by molar-refractivity contribution is 7.16. The van der Waals surface area contributed by atoms with Gasteiger partial charge in [-0.1, -0.05) is 49.6 Å². The van der Waals surface area contributed by atoms with E-state index in [-0.39, 0.29) is 11.7 Å². The Kier molecular flexibility index (Phi) is 6.04. The van der Waals surface area contributed by atoms with Crippen LogP contribution in [-0.4, -0.2) is 22.7 Å². The van der Waals surface area contributed by atoms with Gasteiger partial charge in [-0.05, 0) is 20.3 Å². The third-order valence-corrected chi connectivity index (χ3v) is 4.72. The fourth-order valence-electron chi connectivity index (χ4n) is 2.22. The zero-order valence-electron chi connectivity index (χ0n) is 13.8. The van der Waals surface area contributed by atoms with Crippen molar-refractivity contribution in [3.05, 3.63) is 40.9 Å². The first kappa shape index (κ1) is 17.3. The Labute approximate surface area is 141 Å². The molecule has 0 fully saturated rings. The first-order chi connectivity index (χ1) is 11.0. The second-order valence-electron chi connectivity index (χ2n) is 5.67. The number of unbranched alkanes of at least 4 members (excludes halogenated alkanes) is 1. The van der Waals surface area contributed by atoms with E-state index in [4.69, 9.17) is 0 Å². The number of hydrogen-bond donors (Lipinski definition) is 1. The van der Waals surface area contributed by atoms with E-state index in [1.807, 2.05) is 31.2 Å². The van der Waals surface area contributed by atoms with Gasteiger partial charge in [0.1, 0.15) is 9.88 Å². The predicted molar refractivity (Wildman–Crippen MR) is 93.7 cm³/mol. The Hall–Kier alpha value is -2.01. The fraction of sp³-hybridized carbons (Fsp3) is 0.389. The lowest BCUT2D eigenvalue weighted by molar-refractivity contribution is -0.119. The molecule has 5 heteroatoms. The number of ketones is 1. The number of carbonyl (C=O) groups is 2. The number of carbonyl (C=O) groups excluding carboxylic acids is 2. The van der Waals surface area contributed by atoms with Gasteiger partial charge in [0.15, 0.2) is 5.78 Å². The molecule has 23 heavy (non-hydrogen) atoms. The molecule has 0 aliphatic rings. The molecule has 1 aromatic carbocycles. The van der Waals surface area contributed by atoms with Crippen molar-refractivity contribution in [3.8, 4) is 10.6 Å². The van der Waals surface area contributed by atoms with E-state index in [2.05, 4.69) is 17.2 Å². The number of nitrogens with one attached hydrogen (secondary N) is 1. The molecule has 4 nitrogen and oxygen atoms in total. The first-order valence-corrected chi connectivity index (χ1v) is 8.67. The van der Waals surface area contributed by atoms with Crippen LogP contribution in [0.3, 0.4) is 0 Å². The fourth-order valence-corrected chi connectivity index (χ4v) is 3.05. The summed E-state index contributed by atoms with van der Waals surface area (Å²) in [6.07, 6.45) is 4.17. The van der Waals surface area contributed by atoms with E-state index in [1.165, 1.54) is 23.8 Å². The second-order valence-corrected chi connectivity index (χ2v) is 6.71. The topological polar surface area (TPSA) is 59.1 Å². The standard InChI is InChI=1S/C18H22N2O2S/c1-4-5-6-15(13(3)21)20-17(22)16-11-19-18(23-16)14-9-7-12(2)8-10-14/h7-11,15H,4-6H2,1-3H3,(H,20,22)/t15-/m0/s1. The number of thiazole rings is 1. The average Bonchev–Trinajstić information content (AvgIpc) is 3.01. The van der Waals surface area contributed by atoms with Crippen LogP contribution in [0, 0.1) is 6.92 Å². The van der Waals surface area contributed by atoms with Crippen LogP contribution in [-0.2, 0) is 4.79 Å². The molecule has 0 aliphatic heterocycles. The van der Waals surface area contributed by atoms with E-state index in [1.54, 1.807) is 6.20 Å². The molecule has 1 aromatic heterocycles. The van der Waals surface area contributed by atoms with E-state index in [0.29, 0.717) is 11.3 Å².